The van der Waals surface area contributed by atoms with Crippen molar-refractivity contribution in [1.29, 1.82) is 0 Å². The van der Waals surface area contributed by atoms with Crippen LogP contribution in [0, 0.1) is 0 Å². The van der Waals surface area contributed by atoms with Gasteiger partial charge in [-0.25, -0.2) is 0 Å². The van der Waals surface area contributed by atoms with Gasteiger partial charge in [0.25, 0.3) is 0 Å². The van der Waals surface area contributed by atoms with Crippen molar-refractivity contribution >= 4 is 17.4 Å². The van der Waals surface area contributed by atoms with E-state index >= 15 is 0 Å². The van der Waals surface area contributed by atoms with Gasteiger partial charge in [0.15, 0.2) is 5.78 Å². The van der Waals surface area contributed by atoms with Crippen LogP contribution < -0.4 is 0 Å². The Balaban J connectivity index is 2.01. The molecule has 0 amide bonds. The van der Waals surface area contributed by atoms with E-state index in [1.165, 1.54) is 6.20 Å². The second-order valence-corrected chi connectivity index (χ2v) is 4.17. The van der Waals surface area contributed by atoms with Gasteiger partial charge in [0.05, 0.1) is 5.02 Å². The Labute approximate surface area is 105 Å². The maximum absolute atomic E-state index is 11.9. The SMILES string of the molecule is O=C(CCc1ccccc1)c1ccncc1Cl. The van der Waals surface area contributed by atoms with Crippen molar-refractivity contribution in [2.75, 3.05) is 0 Å². The van der Waals surface area contributed by atoms with Crippen molar-refractivity contribution in [3.8, 4) is 0 Å². The Kier molecular flexibility index (Phi) is 3.89. The number of carbonyl (C=O) groups is 1. The molecule has 86 valence electrons. The third kappa shape index (κ3) is 3.14. The van der Waals surface area contributed by atoms with E-state index < -0.39 is 0 Å². The normalized spacial score (nSPS) is 10.2. The van der Waals surface area contributed by atoms with Crippen molar-refractivity contribution < 1.29 is 4.79 Å². The Morgan fingerprint density at radius 2 is 1.94 bits per heavy atom. The van der Waals surface area contributed by atoms with Gasteiger partial charge in [0.2, 0.25) is 0 Å². The van der Waals surface area contributed by atoms with Crippen LogP contribution in [0.4, 0.5) is 0 Å². The van der Waals surface area contributed by atoms with Crippen molar-refractivity contribution in [3.63, 3.8) is 0 Å². The minimum Gasteiger partial charge on any atom is -0.294 e. The number of ketones is 1. The van der Waals surface area contributed by atoms with Crippen LogP contribution in [-0.4, -0.2) is 10.8 Å². The molecule has 2 nitrogen and oxygen atoms in total. The molecular formula is C14H12ClNO. The highest BCUT2D eigenvalue weighted by Crippen LogP contribution is 2.16. The lowest BCUT2D eigenvalue weighted by Gasteiger charge is -2.03. The van der Waals surface area contributed by atoms with Gasteiger partial charge in [0.1, 0.15) is 0 Å². The van der Waals surface area contributed by atoms with E-state index in [2.05, 4.69) is 4.98 Å². The number of rotatable bonds is 4. The third-order valence-corrected chi connectivity index (χ3v) is 2.86. The zero-order chi connectivity index (χ0) is 12.1. The topological polar surface area (TPSA) is 30.0 Å². The van der Waals surface area contributed by atoms with Gasteiger partial charge in [0, 0.05) is 24.4 Å². The molecule has 1 aromatic carbocycles. The van der Waals surface area contributed by atoms with Crippen LogP contribution in [0.5, 0.6) is 0 Å². The molecule has 0 radical (unpaired) electrons. The van der Waals surface area contributed by atoms with Gasteiger partial charge in [-0.2, -0.15) is 0 Å². The number of aromatic nitrogens is 1. The summed E-state index contributed by atoms with van der Waals surface area (Å²) >= 11 is 5.92. The van der Waals surface area contributed by atoms with Crippen LogP contribution >= 0.6 is 11.6 Å². The van der Waals surface area contributed by atoms with Gasteiger partial charge < -0.3 is 0 Å². The minimum absolute atomic E-state index is 0.0567. The summed E-state index contributed by atoms with van der Waals surface area (Å²) in [7, 11) is 0. The first-order valence-electron chi connectivity index (χ1n) is 5.44. The Bertz CT molecular complexity index is 511. The molecule has 1 aromatic heterocycles. The molecule has 0 atom stereocenters. The highest BCUT2D eigenvalue weighted by Gasteiger charge is 2.09. The molecule has 0 saturated carbocycles. The molecule has 3 heteroatoms. The van der Waals surface area contributed by atoms with Gasteiger partial charge in [-0.1, -0.05) is 41.9 Å². The number of pyridine rings is 1. The monoisotopic (exact) mass is 245 g/mol. The molecule has 0 saturated heterocycles. The summed E-state index contributed by atoms with van der Waals surface area (Å²) in [5.74, 6) is 0.0567. The fourth-order valence-corrected chi connectivity index (χ4v) is 1.86. The first-order valence-corrected chi connectivity index (χ1v) is 5.82. The van der Waals surface area contributed by atoms with Crippen molar-refractivity contribution in [2.24, 2.45) is 0 Å². The molecular weight excluding hydrogens is 234 g/mol. The summed E-state index contributed by atoms with van der Waals surface area (Å²) in [4.78, 5) is 15.8. The van der Waals surface area contributed by atoms with Gasteiger partial charge in [-0.3, -0.25) is 9.78 Å². The van der Waals surface area contributed by atoms with Gasteiger partial charge in [-0.15, -0.1) is 0 Å². The largest absolute Gasteiger partial charge is 0.294 e. The van der Waals surface area contributed by atoms with Crippen molar-refractivity contribution in [3.05, 3.63) is 64.9 Å². The van der Waals surface area contributed by atoms with Crippen LogP contribution in [0.25, 0.3) is 0 Å². The van der Waals surface area contributed by atoms with Crippen LogP contribution in [0.15, 0.2) is 48.8 Å². The number of hydrogen-bond donors (Lipinski definition) is 0. The number of Topliss-reactive ketones (excluding diaryl/α,β-unsaturated/α-hetero) is 1. The lowest BCUT2D eigenvalue weighted by Crippen LogP contribution is -2.02. The van der Waals surface area contributed by atoms with Gasteiger partial charge in [-0.05, 0) is 18.1 Å². The average Bonchev–Trinajstić information content (AvgIpc) is 2.38. The first kappa shape index (κ1) is 11.8. The number of hydrogen-bond acceptors (Lipinski definition) is 2. The summed E-state index contributed by atoms with van der Waals surface area (Å²) in [6, 6.07) is 11.6. The Hall–Kier alpha value is -1.67. The van der Waals surface area contributed by atoms with E-state index in [0.29, 0.717) is 17.0 Å². The van der Waals surface area contributed by atoms with E-state index in [4.69, 9.17) is 11.6 Å². The molecule has 0 fully saturated rings. The lowest BCUT2D eigenvalue weighted by molar-refractivity contribution is 0.0983. The Morgan fingerprint density at radius 3 is 2.65 bits per heavy atom. The van der Waals surface area contributed by atoms with E-state index in [1.807, 2.05) is 30.3 Å². The second kappa shape index (κ2) is 5.60. The third-order valence-electron chi connectivity index (χ3n) is 2.56. The van der Waals surface area contributed by atoms with Crippen LogP contribution in [0.1, 0.15) is 22.3 Å². The fraction of sp³-hybridized carbons (Fsp3) is 0.143. The molecule has 17 heavy (non-hydrogen) atoms. The predicted octanol–water partition coefficient (Wildman–Crippen LogP) is 3.55. The van der Waals surface area contributed by atoms with E-state index in [-0.39, 0.29) is 5.78 Å². The summed E-state index contributed by atoms with van der Waals surface area (Å²) < 4.78 is 0. The molecule has 0 aliphatic heterocycles. The van der Waals surface area contributed by atoms with E-state index in [9.17, 15) is 4.79 Å². The summed E-state index contributed by atoms with van der Waals surface area (Å²) in [6.45, 7) is 0. The van der Waals surface area contributed by atoms with Crippen LogP contribution in [0.2, 0.25) is 5.02 Å². The fourth-order valence-electron chi connectivity index (χ4n) is 1.64. The smallest absolute Gasteiger partial charge is 0.164 e. The molecule has 1 heterocycles. The molecule has 0 aliphatic carbocycles. The zero-order valence-electron chi connectivity index (χ0n) is 9.27. The van der Waals surface area contributed by atoms with Gasteiger partial charge >= 0.3 is 0 Å². The number of nitrogens with zero attached hydrogens (tertiary/aromatic N) is 1. The quantitative estimate of drug-likeness (QED) is 0.771. The molecule has 2 aromatic rings. The Morgan fingerprint density at radius 1 is 1.18 bits per heavy atom. The summed E-state index contributed by atoms with van der Waals surface area (Å²) in [5.41, 5.74) is 1.71. The summed E-state index contributed by atoms with van der Waals surface area (Å²) in [5, 5.41) is 0.422. The van der Waals surface area contributed by atoms with Crippen molar-refractivity contribution in [1.82, 2.24) is 4.98 Å². The molecule has 0 aliphatic rings. The number of aryl methyl sites for hydroxylation is 1. The standard InChI is InChI=1S/C14H12ClNO/c15-13-10-16-9-8-12(13)14(17)7-6-11-4-2-1-3-5-11/h1-5,8-10H,6-7H2. The first-order chi connectivity index (χ1) is 8.27. The highest BCUT2D eigenvalue weighted by molar-refractivity contribution is 6.33. The lowest BCUT2D eigenvalue weighted by atomic mass is 10.0. The molecule has 0 spiro atoms. The van der Waals surface area contributed by atoms with E-state index in [1.54, 1.807) is 12.3 Å². The van der Waals surface area contributed by atoms with Crippen LogP contribution in [-0.2, 0) is 6.42 Å². The highest BCUT2D eigenvalue weighted by atomic mass is 35.5. The molecule has 0 unspecified atom stereocenters. The zero-order valence-corrected chi connectivity index (χ0v) is 10.0. The summed E-state index contributed by atoms with van der Waals surface area (Å²) in [6.07, 6.45) is 4.28. The average molecular weight is 246 g/mol. The van der Waals surface area contributed by atoms with Crippen LogP contribution in [0.3, 0.4) is 0 Å². The number of carbonyl (C=O) groups excluding carboxylic acids is 1. The minimum atomic E-state index is 0.0567. The van der Waals surface area contributed by atoms with Crippen molar-refractivity contribution in [2.45, 2.75) is 12.8 Å². The molecule has 0 bridgehead atoms. The molecule has 0 N–H and O–H groups in total. The number of halogens is 1. The second-order valence-electron chi connectivity index (χ2n) is 3.76. The maximum Gasteiger partial charge on any atom is 0.164 e. The predicted molar refractivity (Wildman–Crippen MR) is 68.3 cm³/mol. The van der Waals surface area contributed by atoms with E-state index in [0.717, 1.165) is 12.0 Å². The maximum atomic E-state index is 11.9. The molecule has 2 rings (SSSR count). The number of benzene rings is 1.